The number of aromatic hydroxyl groups is 1. The van der Waals surface area contributed by atoms with Gasteiger partial charge >= 0.3 is 0 Å². The minimum Gasteiger partial charge on any atom is -0.507 e. The predicted molar refractivity (Wildman–Crippen MR) is 99.0 cm³/mol. The third-order valence-corrected chi connectivity index (χ3v) is 4.93. The molecule has 0 atom stereocenters. The first-order valence-corrected chi connectivity index (χ1v) is 9.02. The van der Waals surface area contributed by atoms with E-state index in [1.54, 1.807) is 25.1 Å². The van der Waals surface area contributed by atoms with Crippen molar-refractivity contribution in [2.45, 2.75) is 11.8 Å². The lowest BCUT2D eigenvalue weighted by Gasteiger charge is -2.12. The third-order valence-electron chi connectivity index (χ3n) is 4.04. The van der Waals surface area contributed by atoms with Crippen molar-refractivity contribution in [1.82, 2.24) is 0 Å². The third kappa shape index (κ3) is 3.19. The zero-order valence-corrected chi connectivity index (χ0v) is 14.5. The van der Waals surface area contributed by atoms with E-state index < -0.39 is 20.9 Å². The molecule has 0 saturated heterocycles. The van der Waals surface area contributed by atoms with Gasteiger partial charge < -0.3 is 16.2 Å². The molecule has 0 saturated carbocycles. The number of fused-ring (bicyclic) bond motifs is 1. The van der Waals surface area contributed by atoms with Gasteiger partial charge in [-0.05, 0) is 48.9 Å². The fourth-order valence-corrected chi connectivity index (χ4v) is 3.41. The molecule has 0 aliphatic rings. The molecule has 3 rings (SSSR count). The molecule has 0 aliphatic heterocycles. The highest BCUT2D eigenvalue weighted by molar-refractivity contribution is 7.86. The molecule has 0 radical (unpaired) electrons. The van der Waals surface area contributed by atoms with Gasteiger partial charge in [-0.25, -0.2) is 0 Å². The van der Waals surface area contributed by atoms with Crippen LogP contribution < -0.4 is 11.1 Å². The van der Waals surface area contributed by atoms with Crippen LogP contribution in [0.3, 0.4) is 0 Å². The second kappa shape index (κ2) is 6.32. The standard InChI is InChI=1S/C18H16N2O5S/c1-10-9-11(5-6-13(10)19)18(22)20-14-7-8-15(21)17-12(14)3-2-4-16(17)26(23,24)25/h2-9,21H,19H2,1H3,(H,20,22)(H,23,24,25). The molecule has 1 amide bonds. The smallest absolute Gasteiger partial charge is 0.295 e. The van der Waals surface area contributed by atoms with Crippen molar-refractivity contribution in [3.63, 3.8) is 0 Å². The maximum atomic E-state index is 12.5. The fourth-order valence-electron chi connectivity index (χ4n) is 2.69. The van der Waals surface area contributed by atoms with Crippen molar-refractivity contribution < 1.29 is 22.9 Å². The summed E-state index contributed by atoms with van der Waals surface area (Å²) < 4.78 is 32.5. The highest BCUT2D eigenvalue weighted by Gasteiger charge is 2.19. The van der Waals surface area contributed by atoms with Crippen LogP contribution in [0.1, 0.15) is 15.9 Å². The quantitative estimate of drug-likeness (QED) is 0.318. The summed E-state index contributed by atoms with van der Waals surface area (Å²) in [4.78, 5) is 12.1. The highest BCUT2D eigenvalue weighted by atomic mass is 32.2. The SMILES string of the molecule is Cc1cc(C(=O)Nc2ccc(O)c3c(S(=O)(=O)O)cccc23)ccc1N. The van der Waals surface area contributed by atoms with Crippen LogP contribution in [0.15, 0.2) is 53.4 Å². The number of anilines is 2. The van der Waals surface area contributed by atoms with Crippen molar-refractivity contribution in [2.75, 3.05) is 11.1 Å². The fraction of sp³-hybridized carbons (Fsp3) is 0.0556. The predicted octanol–water partition coefficient (Wildman–Crippen LogP) is 2.94. The molecule has 26 heavy (non-hydrogen) atoms. The molecule has 8 heteroatoms. The van der Waals surface area contributed by atoms with Crippen molar-refractivity contribution >= 4 is 38.2 Å². The molecule has 0 spiro atoms. The lowest BCUT2D eigenvalue weighted by Crippen LogP contribution is -2.13. The van der Waals surface area contributed by atoms with E-state index in [4.69, 9.17) is 5.73 Å². The number of rotatable bonds is 3. The normalized spacial score (nSPS) is 11.5. The Balaban J connectivity index is 2.10. The maximum Gasteiger partial charge on any atom is 0.295 e. The Labute approximate surface area is 149 Å². The number of hydrogen-bond donors (Lipinski definition) is 4. The van der Waals surface area contributed by atoms with E-state index in [-0.39, 0.29) is 16.5 Å². The van der Waals surface area contributed by atoms with E-state index in [0.717, 1.165) is 5.56 Å². The van der Waals surface area contributed by atoms with Gasteiger partial charge in [-0.15, -0.1) is 0 Å². The summed E-state index contributed by atoms with van der Waals surface area (Å²) in [6, 6.07) is 11.7. The summed E-state index contributed by atoms with van der Waals surface area (Å²) in [5, 5.41) is 13.0. The summed E-state index contributed by atoms with van der Waals surface area (Å²) in [5.74, 6) is -0.744. The molecule has 7 nitrogen and oxygen atoms in total. The number of amides is 1. The molecule has 0 aromatic heterocycles. The second-order valence-corrected chi connectivity index (χ2v) is 7.20. The summed E-state index contributed by atoms with van der Waals surface area (Å²) in [6.45, 7) is 1.78. The number of phenols is 1. The Hall–Kier alpha value is -3.10. The van der Waals surface area contributed by atoms with E-state index in [1.165, 1.54) is 30.3 Å². The Morgan fingerprint density at radius 3 is 2.50 bits per heavy atom. The number of aryl methyl sites for hydroxylation is 1. The number of phenolic OH excluding ortho intramolecular Hbond substituents is 1. The first kappa shape index (κ1) is 17.7. The summed E-state index contributed by atoms with van der Waals surface area (Å²) in [5.41, 5.74) is 7.74. The van der Waals surface area contributed by atoms with Crippen LogP contribution in [0.25, 0.3) is 10.8 Å². The average Bonchev–Trinajstić information content (AvgIpc) is 2.58. The van der Waals surface area contributed by atoms with E-state index in [0.29, 0.717) is 16.9 Å². The van der Waals surface area contributed by atoms with Crippen molar-refractivity contribution in [2.24, 2.45) is 0 Å². The van der Waals surface area contributed by atoms with Crippen LogP contribution >= 0.6 is 0 Å². The van der Waals surface area contributed by atoms with Gasteiger partial charge in [-0.2, -0.15) is 8.42 Å². The molecule has 5 N–H and O–H groups in total. The van der Waals surface area contributed by atoms with Gasteiger partial charge in [0.2, 0.25) is 0 Å². The number of carbonyl (C=O) groups excluding carboxylic acids is 1. The summed E-state index contributed by atoms with van der Waals surface area (Å²) in [6.07, 6.45) is 0. The molecular weight excluding hydrogens is 356 g/mol. The second-order valence-electron chi connectivity index (χ2n) is 5.81. The van der Waals surface area contributed by atoms with Gasteiger partial charge in [0.05, 0.1) is 0 Å². The van der Waals surface area contributed by atoms with E-state index >= 15 is 0 Å². The molecule has 0 fully saturated rings. The minimum atomic E-state index is -4.55. The number of benzene rings is 3. The molecule has 134 valence electrons. The largest absolute Gasteiger partial charge is 0.507 e. The number of nitrogens with two attached hydrogens (primary N) is 1. The Morgan fingerprint density at radius 2 is 1.85 bits per heavy atom. The first-order chi connectivity index (χ1) is 12.2. The molecule has 3 aromatic rings. The summed E-state index contributed by atoms with van der Waals surface area (Å²) in [7, 11) is -4.55. The molecule has 3 aromatic carbocycles. The molecule has 0 unspecified atom stereocenters. The molecule has 0 heterocycles. The highest BCUT2D eigenvalue weighted by Crippen LogP contribution is 2.35. The van der Waals surface area contributed by atoms with E-state index in [9.17, 15) is 22.9 Å². The van der Waals surface area contributed by atoms with Crippen LogP contribution in [0.4, 0.5) is 11.4 Å². The molecule has 0 aliphatic carbocycles. The van der Waals surface area contributed by atoms with E-state index in [2.05, 4.69) is 5.32 Å². The van der Waals surface area contributed by atoms with Crippen molar-refractivity contribution in [3.05, 3.63) is 59.7 Å². The van der Waals surface area contributed by atoms with Gasteiger partial charge in [-0.3, -0.25) is 9.35 Å². The number of nitrogens with one attached hydrogen (secondary N) is 1. The molecule has 0 bridgehead atoms. The summed E-state index contributed by atoms with van der Waals surface area (Å²) >= 11 is 0. The van der Waals surface area contributed by atoms with Gasteiger partial charge in [0, 0.05) is 27.7 Å². The van der Waals surface area contributed by atoms with Gasteiger partial charge in [0.1, 0.15) is 10.6 Å². The number of hydrogen-bond acceptors (Lipinski definition) is 5. The topological polar surface area (TPSA) is 130 Å². The zero-order valence-electron chi connectivity index (χ0n) is 13.7. The maximum absolute atomic E-state index is 12.5. The van der Waals surface area contributed by atoms with Crippen LogP contribution in [0.2, 0.25) is 0 Å². The van der Waals surface area contributed by atoms with Gasteiger partial charge in [0.15, 0.2) is 0 Å². The number of carbonyl (C=O) groups is 1. The Bertz CT molecular complexity index is 1140. The number of nitrogen functional groups attached to an aromatic ring is 1. The van der Waals surface area contributed by atoms with Gasteiger partial charge in [-0.1, -0.05) is 12.1 Å². The van der Waals surface area contributed by atoms with E-state index in [1.807, 2.05) is 0 Å². The van der Waals surface area contributed by atoms with Crippen LogP contribution in [0, 0.1) is 6.92 Å². The van der Waals surface area contributed by atoms with Gasteiger partial charge in [0.25, 0.3) is 16.0 Å². The first-order valence-electron chi connectivity index (χ1n) is 7.58. The zero-order chi connectivity index (χ0) is 19.1. The monoisotopic (exact) mass is 372 g/mol. The Kier molecular flexibility index (Phi) is 4.31. The minimum absolute atomic E-state index is 0.0683. The van der Waals surface area contributed by atoms with Crippen LogP contribution in [-0.2, 0) is 10.1 Å². The lowest BCUT2D eigenvalue weighted by atomic mass is 10.1. The lowest BCUT2D eigenvalue weighted by molar-refractivity contribution is 0.102. The van der Waals surface area contributed by atoms with Crippen molar-refractivity contribution in [3.8, 4) is 5.75 Å². The van der Waals surface area contributed by atoms with Crippen LogP contribution in [0.5, 0.6) is 5.75 Å². The van der Waals surface area contributed by atoms with Crippen molar-refractivity contribution in [1.29, 1.82) is 0 Å². The average molecular weight is 372 g/mol. The Morgan fingerprint density at radius 1 is 1.12 bits per heavy atom. The molecular formula is C18H16N2O5S. The van der Waals surface area contributed by atoms with Crippen LogP contribution in [-0.4, -0.2) is 24.0 Å².